The molecule has 3 heteroatoms. The van der Waals surface area contributed by atoms with Gasteiger partial charge in [-0.25, -0.2) is 0 Å². The highest BCUT2D eigenvalue weighted by Crippen LogP contribution is 2.26. The van der Waals surface area contributed by atoms with E-state index in [1.165, 1.54) is 31.7 Å². The summed E-state index contributed by atoms with van der Waals surface area (Å²) in [5.74, 6) is 0. The van der Waals surface area contributed by atoms with Crippen LogP contribution in [0.15, 0.2) is 0 Å². The highest BCUT2D eigenvalue weighted by molar-refractivity contribution is 6.68. The van der Waals surface area contributed by atoms with Crippen LogP contribution in [0, 0.1) is 0 Å². The SMILES string of the molecule is CCC(CC)[SiH2]C(C)[SiH]1CCCCO1. The van der Waals surface area contributed by atoms with Crippen molar-refractivity contribution in [2.75, 3.05) is 6.61 Å². The Balaban J connectivity index is 2.27. The second kappa shape index (κ2) is 6.80. The average molecular weight is 230 g/mol. The minimum absolute atomic E-state index is 0.142. The normalized spacial score (nSPS) is 26.1. The van der Waals surface area contributed by atoms with E-state index < -0.39 is 9.04 Å². The van der Waals surface area contributed by atoms with Gasteiger partial charge in [-0.3, -0.25) is 0 Å². The second-order valence-corrected chi connectivity index (χ2v) is 11.8. The van der Waals surface area contributed by atoms with Crippen molar-refractivity contribution in [3.05, 3.63) is 0 Å². The van der Waals surface area contributed by atoms with Gasteiger partial charge in [-0.1, -0.05) is 45.6 Å². The molecule has 0 bridgehead atoms. The fraction of sp³-hybridized carbons (Fsp3) is 1.00. The van der Waals surface area contributed by atoms with E-state index in [1.54, 1.807) is 0 Å². The molecule has 84 valence electrons. The zero-order valence-corrected chi connectivity index (χ0v) is 12.7. The van der Waals surface area contributed by atoms with Gasteiger partial charge in [0.25, 0.3) is 0 Å². The molecule has 1 rings (SSSR count). The van der Waals surface area contributed by atoms with E-state index in [4.69, 9.17) is 4.43 Å². The zero-order valence-electron chi connectivity index (χ0n) is 10.1. The first-order valence-electron chi connectivity index (χ1n) is 6.39. The Hall–Kier alpha value is 0.394. The van der Waals surface area contributed by atoms with E-state index in [0.29, 0.717) is 0 Å². The Morgan fingerprint density at radius 1 is 1.29 bits per heavy atom. The fourth-order valence-electron chi connectivity index (χ4n) is 2.51. The third kappa shape index (κ3) is 3.87. The summed E-state index contributed by atoms with van der Waals surface area (Å²) in [4.78, 5) is 0. The number of hydrogen-bond acceptors (Lipinski definition) is 1. The van der Waals surface area contributed by atoms with Gasteiger partial charge in [0.05, 0.1) is 0 Å². The third-order valence-corrected chi connectivity index (χ3v) is 11.6. The van der Waals surface area contributed by atoms with E-state index in [0.717, 1.165) is 17.3 Å². The summed E-state index contributed by atoms with van der Waals surface area (Å²) in [7, 11) is -0.601. The highest BCUT2D eigenvalue weighted by Gasteiger charge is 2.24. The van der Waals surface area contributed by atoms with Crippen LogP contribution in [0.3, 0.4) is 0 Å². The molecule has 2 atom stereocenters. The molecule has 0 radical (unpaired) electrons. The first-order chi connectivity index (χ1) is 6.77. The maximum absolute atomic E-state index is 6.00. The molecule has 0 spiro atoms. The molecule has 0 amide bonds. The molecule has 1 nitrogen and oxygen atoms in total. The van der Waals surface area contributed by atoms with Gasteiger partial charge in [-0.05, 0) is 17.6 Å². The molecule has 2 unspecified atom stereocenters. The van der Waals surface area contributed by atoms with Crippen LogP contribution in [0.4, 0.5) is 0 Å². The summed E-state index contributed by atoms with van der Waals surface area (Å²) in [5, 5.41) is 1.04. The van der Waals surface area contributed by atoms with Crippen molar-refractivity contribution in [2.24, 2.45) is 0 Å². The van der Waals surface area contributed by atoms with Crippen molar-refractivity contribution in [1.29, 1.82) is 0 Å². The minimum Gasteiger partial charge on any atom is -0.420 e. The van der Waals surface area contributed by atoms with Crippen LogP contribution in [0.2, 0.25) is 16.7 Å². The van der Waals surface area contributed by atoms with Crippen LogP contribution in [0.5, 0.6) is 0 Å². The predicted molar refractivity (Wildman–Crippen MR) is 69.4 cm³/mol. The Kier molecular flexibility index (Phi) is 6.05. The molecule has 1 fully saturated rings. The first-order valence-corrected chi connectivity index (χ1v) is 9.98. The van der Waals surface area contributed by atoms with E-state index in [-0.39, 0.29) is 9.52 Å². The van der Waals surface area contributed by atoms with Crippen LogP contribution in [0.25, 0.3) is 0 Å². The van der Waals surface area contributed by atoms with Crippen LogP contribution < -0.4 is 0 Å². The average Bonchev–Trinajstić information content (AvgIpc) is 2.26. The largest absolute Gasteiger partial charge is 0.420 e. The number of rotatable bonds is 5. The van der Waals surface area contributed by atoms with Gasteiger partial charge in [0.2, 0.25) is 0 Å². The molecular formula is C11H26OSi2. The summed E-state index contributed by atoms with van der Waals surface area (Å²) in [6.45, 7) is 8.29. The van der Waals surface area contributed by atoms with Crippen LogP contribution in [-0.2, 0) is 4.43 Å². The van der Waals surface area contributed by atoms with Crippen molar-refractivity contribution >= 4 is 18.6 Å². The lowest BCUT2D eigenvalue weighted by Crippen LogP contribution is -2.31. The van der Waals surface area contributed by atoms with Crippen LogP contribution >= 0.6 is 0 Å². The molecule has 0 aliphatic carbocycles. The molecular weight excluding hydrogens is 204 g/mol. The molecule has 1 aliphatic rings. The first kappa shape index (κ1) is 12.5. The molecule has 0 saturated carbocycles. The van der Waals surface area contributed by atoms with Gasteiger partial charge >= 0.3 is 0 Å². The van der Waals surface area contributed by atoms with Crippen LogP contribution in [0.1, 0.15) is 46.5 Å². The van der Waals surface area contributed by atoms with Crippen molar-refractivity contribution < 1.29 is 4.43 Å². The van der Waals surface area contributed by atoms with E-state index in [2.05, 4.69) is 20.8 Å². The molecule has 1 saturated heterocycles. The Bertz CT molecular complexity index is 142. The Morgan fingerprint density at radius 3 is 2.50 bits per heavy atom. The third-order valence-electron chi connectivity index (χ3n) is 3.71. The van der Waals surface area contributed by atoms with E-state index >= 15 is 0 Å². The summed E-state index contributed by atoms with van der Waals surface area (Å²) in [5.41, 5.74) is 1.09. The lowest BCUT2D eigenvalue weighted by Gasteiger charge is -2.28. The summed E-state index contributed by atoms with van der Waals surface area (Å²) in [6, 6.07) is 1.47. The van der Waals surface area contributed by atoms with E-state index in [1.807, 2.05) is 0 Å². The van der Waals surface area contributed by atoms with Crippen molar-refractivity contribution in [1.82, 2.24) is 0 Å². The molecule has 1 aliphatic heterocycles. The van der Waals surface area contributed by atoms with Gasteiger partial charge in [0.15, 0.2) is 9.04 Å². The number of hydrogen-bond donors (Lipinski definition) is 0. The topological polar surface area (TPSA) is 9.23 Å². The van der Waals surface area contributed by atoms with E-state index in [9.17, 15) is 0 Å². The fourth-order valence-corrected chi connectivity index (χ4v) is 9.94. The smallest absolute Gasteiger partial charge is 0.176 e. The molecule has 14 heavy (non-hydrogen) atoms. The quantitative estimate of drug-likeness (QED) is 0.660. The van der Waals surface area contributed by atoms with Gasteiger partial charge in [-0.2, -0.15) is 0 Å². The minimum atomic E-state index is -0.743. The summed E-state index contributed by atoms with van der Waals surface area (Å²) >= 11 is 0. The highest BCUT2D eigenvalue weighted by atomic mass is 28.3. The maximum Gasteiger partial charge on any atom is 0.176 e. The van der Waals surface area contributed by atoms with Crippen molar-refractivity contribution in [3.8, 4) is 0 Å². The molecule has 0 N–H and O–H groups in total. The zero-order chi connectivity index (χ0) is 10.4. The molecule has 0 aromatic heterocycles. The monoisotopic (exact) mass is 230 g/mol. The lowest BCUT2D eigenvalue weighted by molar-refractivity contribution is 0.285. The van der Waals surface area contributed by atoms with Gasteiger partial charge in [0, 0.05) is 16.1 Å². The van der Waals surface area contributed by atoms with Crippen molar-refractivity contribution in [2.45, 2.75) is 63.2 Å². The van der Waals surface area contributed by atoms with Crippen molar-refractivity contribution in [3.63, 3.8) is 0 Å². The van der Waals surface area contributed by atoms with Gasteiger partial charge in [0.1, 0.15) is 0 Å². The lowest BCUT2D eigenvalue weighted by atomic mass is 10.3. The second-order valence-electron chi connectivity index (χ2n) is 4.80. The van der Waals surface area contributed by atoms with Crippen LogP contribution in [-0.4, -0.2) is 25.2 Å². The Labute approximate surface area is 93.2 Å². The summed E-state index contributed by atoms with van der Waals surface area (Å²) < 4.78 is 6.00. The molecule has 0 aromatic rings. The molecule has 0 aromatic carbocycles. The maximum atomic E-state index is 6.00. The standard InChI is InChI=1S/C11H26OSi2/c1-4-11(5-2)13-10(3)14-9-7-6-8-12-14/h10-11,14H,4-9,13H2,1-3H3. The predicted octanol–water partition coefficient (Wildman–Crippen LogP) is 2.65. The Morgan fingerprint density at radius 2 is 2.00 bits per heavy atom. The molecule has 1 heterocycles. The summed E-state index contributed by atoms with van der Waals surface area (Å²) in [6.07, 6.45) is 5.60. The van der Waals surface area contributed by atoms with Gasteiger partial charge < -0.3 is 4.43 Å². The van der Waals surface area contributed by atoms with Gasteiger partial charge in [-0.15, -0.1) is 0 Å².